The maximum absolute atomic E-state index is 14.2. The van der Waals surface area contributed by atoms with Crippen molar-refractivity contribution in [3.05, 3.63) is 93.2 Å². The lowest BCUT2D eigenvalue weighted by atomic mass is 10.1. The van der Waals surface area contributed by atoms with Crippen LogP contribution in [0.1, 0.15) is 43.4 Å². The third kappa shape index (κ3) is 5.81. The number of hydrogen-bond donors (Lipinski definition) is 0. The maximum Gasteiger partial charge on any atom is 0.572 e. The van der Waals surface area contributed by atoms with Gasteiger partial charge < -0.3 is 4.74 Å². The van der Waals surface area contributed by atoms with Gasteiger partial charge in [0.15, 0.2) is 5.82 Å². The first-order valence-electron chi connectivity index (χ1n) is 11.3. The van der Waals surface area contributed by atoms with Gasteiger partial charge in [0.05, 0.1) is 30.3 Å². The fourth-order valence-corrected chi connectivity index (χ4v) is 6.44. The van der Waals surface area contributed by atoms with Gasteiger partial charge in [0, 0.05) is 18.8 Å². The number of aromatic nitrogens is 4. The number of imidazole rings is 1. The summed E-state index contributed by atoms with van der Waals surface area (Å²) in [6.07, 6.45) is -0.753. The molecule has 1 atom stereocenters. The van der Waals surface area contributed by atoms with Crippen molar-refractivity contribution in [2.24, 2.45) is 0 Å². The van der Waals surface area contributed by atoms with Crippen LogP contribution in [0, 0.1) is 0 Å². The molecular formula is C24H22BrF4N5O3S. The van der Waals surface area contributed by atoms with Crippen LogP contribution in [0.3, 0.4) is 0 Å². The Morgan fingerprint density at radius 3 is 2.50 bits per heavy atom. The van der Waals surface area contributed by atoms with Gasteiger partial charge in [0.25, 0.3) is 0 Å². The Balaban J connectivity index is 1.99. The van der Waals surface area contributed by atoms with Crippen molar-refractivity contribution in [1.29, 1.82) is 0 Å². The average Bonchev–Trinajstić information content (AvgIpc) is 3.17. The molecule has 0 saturated heterocycles. The van der Waals surface area contributed by atoms with Crippen LogP contribution in [-0.2, 0) is 27.7 Å². The van der Waals surface area contributed by atoms with E-state index in [1.165, 1.54) is 25.5 Å². The number of hydrogen-bond acceptors (Lipinski definition) is 6. The van der Waals surface area contributed by atoms with Gasteiger partial charge in [-0.1, -0.05) is 37.3 Å². The minimum absolute atomic E-state index is 0.102. The van der Waals surface area contributed by atoms with Gasteiger partial charge in [0.2, 0.25) is 10.0 Å². The number of rotatable bonds is 7. The quantitative estimate of drug-likeness (QED) is 0.187. The van der Waals surface area contributed by atoms with Crippen LogP contribution in [0.15, 0.2) is 76.1 Å². The molecule has 8 nitrogen and oxygen atoms in total. The molecule has 0 amide bonds. The number of sulfonamides is 1. The molecule has 0 fully saturated rings. The third-order valence-corrected chi connectivity index (χ3v) is 8.15. The van der Waals surface area contributed by atoms with Gasteiger partial charge >= 0.3 is 6.36 Å². The molecule has 0 aliphatic carbocycles. The SMILES string of the molecule is CCC(OC(F)(F)F)=C(C=C(C)F)S(=O)(=O)N1Cc2nccnc2-n2c(Br)cnc2C1Cc1ccccc1. The number of halogens is 5. The Morgan fingerprint density at radius 1 is 1.18 bits per heavy atom. The van der Waals surface area contributed by atoms with Gasteiger partial charge in [-0.15, -0.1) is 13.2 Å². The highest BCUT2D eigenvalue weighted by Gasteiger charge is 2.42. The lowest BCUT2D eigenvalue weighted by Gasteiger charge is -2.29. The van der Waals surface area contributed by atoms with E-state index in [0.717, 1.165) is 16.8 Å². The Hall–Kier alpha value is -3.10. The molecule has 1 unspecified atom stereocenters. The molecule has 0 spiro atoms. The van der Waals surface area contributed by atoms with Crippen LogP contribution in [0.2, 0.25) is 0 Å². The first-order chi connectivity index (χ1) is 17.9. The fraction of sp³-hybridized carbons (Fsp3) is 0.292. The standard InChI is InChI=1S/C24H22BrF4N5O3S/c1-3-19(37-24(27,28)29)20(11-15(2)26)38(35,36)33-14-17-22(31-10-9-30-17)34-21(25)13-32-23(34)18(33)12-16-7-5-4-6-8-16/h4-11,13,18H,3,12,14H2,1-2H3. The second-order valence-corrected chi connectivity index (χ2v) is 10.9. The van der Waals surface area contributed by atoms with E-state index in [1.54, 1.807) is 34.9 Å². The van der Waals surface area contributed by atoms with E-state index >= 15 is 0 Å². The minimum Gasteiger partial charge on any atom is -0.409 e. The Morgan fingerprint density at radius 2 is 1.87 bits per heavy atom. The molecule has 1 aliphatic rings. The predicted octanol–water partition coefficient (Wildman–Crippen LogP) is 5.89. The molecule has 3 aromatic rings. The number of allylic oxidation sites excluding steroid dienone is 3. The van der Waals surface area contributed by atoms with Gasteiger partial charge in [-0.05, 0) is 40.9 Å². The Bertz CT molecular complexity index is 1490. The number of alkyl halides is 3. The molecule has 1 aliphatic heterocycles. The maximum atomic E-state index is 14.2. The summed E-state index contributed by atoms with van der Waals surface area (Å²) in [4.78, 5) is 12.1. The molecule has 38 heavy (non-hydrogen) atoms. The summed E-state index contributed by atoms with van der Waals surface area (Å²) >= 11 is 3.42. The second kappa shape index (κ2) is 10.9. The largest absolute Gasteiger partial charge is 0.572 e. The van der Waals surface area contributed by atoms with E-state index in [0.29, 0.717) is 16.5 Å². The van der Waals surface area contributed by atoms with Gasteiger partial charge in [0.1, 0.15) is 21.1 Å². The lowest BCUT2D eigenvalue weighted by Crippen LogP contribution is -2.37. The third-order valence-electron chi connectivity index (χ3n) is 5.68. The summed E-state index contributed by atoms with van der Waals surface area (Å²) in [5.74, 6) is -1.41. The molecule has 0 saturated carbocycles. The highest BCUT2D eigenvalue weighted by Crippen LogP contribution is 2.39. The molecule has 4 rings (SSSR count). The van der Waals surface area contributed by atoms with E-state index in [4.69, 9.17) is 0 Å². The average molecular weight is 616 g/mol. The van der Waals surface area contributed by atoms with Crippen LogP contribution in [0.25, 0.3) is 5.82 Å². The van der Waals surface area contributed by atoms with Gasteiger partial charge in [-0.2, -0.15) is 4.31 Å². The Kier molecular flexibility index (Phi) is 8.04. The summed E-state index contributed by atoms with van der Waals surface area (Å²) in [7, 11) is -4.84. The second-order valence-electron chi connectivity index (χ2n) is 8.28. The summed E-state index contributed by atoms with van der Waals surface area (Å²) in [5, 5.41) is 0. The summed E-state index contributed by atoms with van der Waals surface area (Å²) in [6, 6.07) is 7.89. The molecule has 14 heteroatoms. The first kappa shape index (κ1) is 27.9. The molecule has 0 N–H and O–H groups in total. The number of nitrogens with zero attached hydrogens (tertiary/aromatic N) is 5. The highest BCUT2D eigenvalue weighted by molar-refractivity contribution is 9.10. The number of fused-ring (bicyclic) bond motifs is 3. The van der Waals surface area contributed by atoms with Crippen molar-refractivity contribution in [3.63, 3.8) is 0 Å². The predicted molar refractivity (Wildman–Crippen MR) is 134 cm³/mol. The van der Waals surface area contributed by atoms with Crippen molar-refractivity contribution in [1.82, 2.24) is 23.8 Å². The smallest absolute Gasteiger partial charge is 0.409 e. The summed E-state index contributed by atoms with van der Waals surface area (Å²) < 4.78 is 89.3. The van der Waals surface area contributed by atoms with E-state index < -0.39 is 45.3 Å². The van der Waals surface area contributed by atoms with E-state index in [9.17, 15) is 26.0 Å². The molecule has 202 valence electrons. The number of benzene rings is 1. The molecule has 0 radical (unpaired) electrons. The molecule has 3 heterocycles. The van der Waals surface area contributed by atoms with Crippen LogP contribution >= 0.6 is 15.9 Å². The first-order valence-corrected chi connectivity index (χ1v) is 13.6. The molecule has 0 bridgehead atoms. The molecule has 1 aromatic carbocycles. The zero-order chi connectivity index (χ0) is 27.7. The van der Waals surface area contributed by atoms with Crippen molar-refractivity contribution in [2.75, 3.05) is 0 Å². The number of ether oxygens (including phenoxy) is 1. The van der Waals surface area contributed by atoms with Gasteiger partial charge in [-0.25, -0.2) is 22.8 Å². The van der Waals surface area contributed by atoms with Gasteiger partial charge in [-0.3, -0.25) is 9.55 Å². The molecule has 2 aromatic heterocycles. The minimum atomic E-state index is -5.19. The van der Waals surface area contributed by atoms with Crippen molar-refractivity contribution in [2.45, 2.75) is 45.6 Å². The van der Waals surface area contributed by atoms with E-state index in [1.807, 2.05) is 0 Å². The van der Waals surface area contributed by atoms with E-state index in [-0.39, 0.29) is 24.5 Å². The van der Waals surface area contributed by atoms with Crippen LogP contribution in [-0.4, -0.2) is 38.6 Å². The van der Waals surface area contributed by atoms with Crippen molar-refractivity contribution in [3.8, 4) is 5.82 Å². The van der Waals surface area contributed by atoms with Crippen LogP contribution in [0.4, 0.5) is 17.6 Å². The fourth-order valence-electron chi connectivity index (χ4n) is 4.16. The summed E-state index contributed by atoms with van der Waals surface area (Å²) in [6.45, 7) is 1.85. The van der Waals surface area contributed by atoms with Crippen LogP contribution < -0.4 is 0 Å². The van der Waals surface area contributed by atoms with E-state index in [2.05, 4.69) is 35.6 Å². The molecular weight excluding hydrogens is 594 g/mol. The lowest BCUT2D eigenvalue weighted by molar-refractivity contribution is -0.306. The monoisotopic (exact) mass is 615 g/mol. The highest BCUT2D eigenvalue weighted by atomic mass is 79.9. The zero-order valence-electron chi connectivity index (χ0n) is 20.2. The normalized spacial score (nSPS) is 17.3. The topological polar surface area (TPSA) is 90.2 Å². The zero-order valence-corrected chi connectivity index (χ0v) is 22.6. The van der Waals surface area contributed by atoms with Crippen LogP contribution in [0.5, 0.6) is 0 Å². The van der Waals surface area contributed by atoms with Crippen molar-refractivity contribution >= 4 is 26.0 Å². The summed E-state index contributed by atoms with van der Waals surface area (Å²) in [5.41, 5.74) is 0.960. The van der Waals surface area contributed by atoms with Crippen molar-refractivity contribution < 1.29 is 30.7 Å². The Labute approximate surface area is 224 Å².